The summed E-state index contributed by atoms with van der Waals surface area (Å²) in [5.74, 6) is 0.476. The van der Waals surface area contributed by atoms with Crippen LogP contribution >= 0.6 is 0 Å². The van der Waals surface area contributed by atoms with Crippen molar-refractivity contribution in [1.29, 1.82) is 0 Å². The van der Waals surface area contributed by atoms with Gasteiger partial charge in [-0.2, -0.15) is 5.21 Å². The quantitative estimate of drug-likeness (QED) is 0.664. The first kappa shape index (κ1) is 15.7. The average molecular weight is 339 g/mol. The summed E-state index contributed by atoms with van der Waals surface area (Å²) < 4.78 is 0. The Morgan fingerprint density at radius 1 is 1.32 bits per heavy atom. The molecule has 1 amide bonds. The van der Waals surface area contributed by atoms with E-state index in [0.717, 1.165) is 36.0 Å². The molecule has 4 rings (SSSR count). The summed E-state index contributed by atoms with van der Waals surface area (Å²) in [6.45, 7) is 6.89. The second-order valence-corrected chi connectivity index (χ2v) is 7.71. The molecule has 0 saturated carbocycles. The summed E-state index contributed by atoms with van der Waals surface area (Å²) in [6.07, 6.45) is 3.18. The molecule has 0 aromatic carbocycles. The fourth-order valence-corrected chi connectivity index (χ4v) is 3.45. The molecule has 8 heteroatoms. The molecule has 0 saturated heterocycles. The maximum Gasteiger partial charge on any atom is 0.274 e. The zero-order valence-corrected chi connectivity index (χ0v) is 14.6. The first-order chi connectivity index (χ1) is 11.9. The van der Waals surface area contributed by atoms with Crippen LogP contribution in [0, 0.1) is 11.3 Å². The Bertz CT molecular complexity index is 921. The third-order valence-corrected chi connectivity index (χ3v) is 5.01. The first-order valence-corrected chi connectivity index (χ1v) is 8.46. The topological polar surface area (TPSA) is 112 Å². The normalized spacial score (nSPS) is 17.5. The molecule has 130 valence electrons. The van der Waals surface area contributed by atoms with Crippen LogP contribution in [0.25, 0.3) is 11.0 Å². The Labute approximate surface area is 144 Å². The minimum atomic E-state index is -0.315. The Morgan fingerprint density at radius 2 is 2.16 bits per heavy atom. The first-order valence-electron chi connectivity index (χ1n) is 8.46. The summed E-state index contributed by atoms with van der Waals surface area (Å²) in [6, 6.07) is 3.90. The number of hydrogen-bond donors (Lipinski definition) is 3. The van der Waals surface area contributed by atoms with Crippen LogP contribution in [-0.4, -0.2) is 36.5 Å². The number of H-pyrrole nitrogens is 2. The number of amides is 1. The van der Waals surface area contributed by atoms with Gasteiger partial charge in [-0.3, -0.25) is 15.1 Å². The van der Waals surface area contributed by atoms with Gasteiger partial charge in [-0.15, -0.1) is 5.10 Å². The summed E-state index contributed by atoms with van der Waals surface area (Å²) in [4.78, 5) is 20.2. The summed E-state index contributed by atoms with van der Waals surface area (Å²) in [5.41, 5.74) is 4.85. The number of rotatable bonds is 2. The average Bonchev–Trinajstić information content (AvgIpc) is 3.20. The lowest BCUT2D eigenvalue weighted by molar-refractivity contribution is 0.102. The molecule has 3 aromatic rings. The van der Waals surface area contributed by atoms with Crippen molar-refractivity contribution >= 4 is 22.9 Å². The van der Waals surface area contributed by atoms with E-state index in [0.29, 0.717) is 11.6 Å². The zero-order chi connectivity index (χ0) is 17.6. The molecule has 0 spiro atoms. The number of aryl methyl sites for hydroxylation is 1. The van der Waals surface area contributed by atoms with Crippen molar-refractivity contribution in [3.05, 3.63) is 29.1 Å². The number of nitrogens with one attached hydrogen (secondary N) is 3. The van der Waals surface area contributed by atoms with Crippen molar-refractivity contribution in [2.24, 2.45) is 11.3 Å². The number of tetrazole rings is 1. The lowest BCUT2D eigenvalue weighted by Crippen LogP contribution is -2.27. The Balaban J connectivity index is 1.63. The summed E-state index contributed by atoms with van der Waals surface area (Å²) >= 11 is 0. The SMILES string of the molecule is CC(C)(C)C1CCc2nc3cc(C(=O)Nc4nn[nH]n4)[nH]c3cc2C1. The maximum absolute atomic E-state index is 12.3. The van der Waals surface area contributed by atoms with Gasteiger partial charge in [0.25, 0.3) is 11.9 Å². The number of fused-ring (bicyclic) bond motifs is 2. The molecule has 1 atom stereocenters. The van der Waals surface area contributed by atoms with E-state index in [1.54, 1.807) is 6.07 Å². The molecule has 1 unspecified atom stereocenters. The second-order valence-electron chi connectivity index (χ2n) is 7.71. The maximum atomic E-state index is 12.3. The molecule has 0 radical (unpaired) electrons. The van der Waals surface area contributed by atoms with Crippen LogP contribution in [0.3, 0.4) is 0 Å². The van der Waals surface area contributed by atoms with E-state index in [1.165, 1.54) is 5.56 Å². The second kappa shape index (κ2) is 5.65. The molecule has 0 fully saturated rings. The number of carbonyl (C=O) groups is 1. The molecule has 3 heterocycles. The van der Waals surface area contributed by atoms with Gasteiger partial charge in [0.05, 0.1) is 11.0 Å². The van der Waals surface area contributed by atoms with Crippen LogP contribution in [0.2, 0.25) is 0 Å². The van der Waals surface area contributed by atoms with Gasteiger partial charge >= 0.3 is 0 Å². The van der Waals surface area contributed by atoms with Crippen molar-refractivity contribution in [3.8, 4) is 0 Å². The smallest absolute Gasteiger partial charge is 0.274 e. The van der Waals surface area contributed by atoms with E-state index in [-0.39, 0.29) is 17.3 Å². The molecule has 0 aliphatic heterocycles. The van der Waals surface area contributed by atoms with Crippen molar-refractivity contribution in [2.45, 2.75) is 40.0 Å². The van der Waals surface area contributed by atoms with Gasteiger partial charge in [0, 0.05) is 5.69 Å². The van der Waals surface area contributed by atoms with Gasteiger partial charge in [-0.1, -0.05) is 25.9 Å². The van der Waals surface area contributed by atoms with E-state index in [1.807, 2.05) is 0 Å². The highest BCUT2D eigenvalue weighted by Crippen LogP contribution is 2.37. The lowest BCUT2D eigenvalue weighted by atomic mass is 9.71. The number of aromatic amines is 2. The zero-order valence-electron chi connectivity index (χ0n) is 14.6. The highest BCUT2D eigenvalue weighted by Gasteiger charge is 2.29. The van der Waals surface area contributed by atoms with Crippen molar-refractivity contribution < 1.29 is 4.79 Å². The van der Waals surface area contributed by atoms with E-state index < -0.39 is 0 Å². The predicted octanol–water partition coefficient (Wildman–Crippen LogP) is 2.48. The van der Waals surface area contributed by atoms with Crippen LogP contribution in [0.1, 0.15) is 48.9 Å². The molecule has 3 N–H and O–H groups in total. The van der Waals surface area contributed by atoms with E-state index in [2.05, 4.69) is 57.8 Å². The van der Waals surface area contributed by atoms with Gasteiger partial charge in [0.15, 0.2) is 0 Å². The van der Waals surface area contributed by atoms with E-state index in [9.17, 15) is 4.79 Å². The third-order valence-electron chi connectivity index (χ3n) is 5.01. The van der Waals surface area contributed by atoms with Crippen molar-refractivity contribution in [2.75, 3.05) is 5.32 Å². The Morgan fingerprint density at radius 3 is 2.88 bits per heavy atom. The number of hydrogen-bond acceptors (Lipinski definition) is 5. The van der Waals surface area contributed by atoms with Gasteiger partial charge < -0.3 is 4.98 Å². The van der Waals surface area contributed by atoms with Gasteiger partial charge in [0.2, 0.25) is 0 Å². The Kier molecular flexibility index (Phi) is 3.55. The number of carbonyl (C=O) groups excluding carboxylic acids is 1. The highest BCUT2D eigenvalue weighted by atomic mass is 16.2. The number of anilines is 1. The molecule has 1 aliphatic rings. The van der Waals surface area contributed by atoms with Crippen LogP contribution in [0.15, 0.2) is 12.1 Å². The minimum absolute atomic E-state index is 0.143. The minimum Gasteiger partial charge on any atom is -0.349 e. The molecule has 0 bridgehead atoms. The molecular formula is C17H21N7O. The van der Waals surface area contributed by atoms with Gasteiger partial charge in [-0.25, -0.2) is 0 Å². The summed E-state index contributed by atoms with van der Waals surface area (Å²) in [5, 5.41) is 15.7. The van der Waals surface area contributed by atoms with Crippen LogP contribution < -0.4 is 5.32 Å². The number of nitrogens with zero attached hydrogens (tertiary/aromatic N) is 4. The Hall–Kier alpha value is -2.77. The van der Waals surface area contributed by atoms with Gasteiger partial charge in [0.1, 0.15) is 5.69 Å². The summed E-state index contributed by atoms with van der Waals surface area (Å²) in [7, 11) is 0. The molecule has 25 heavy (non-hydrogen) atoms. The predicted molar refractivity (Wildman–Crippen MR) is 93.2 cm³/mol. The molecule has 3 aromatic heterocycles. The van der Waals surface area contributed by atoms with Crippen LogP contribution in [-0.2, 0) is 12.8 Å². The molecule has 8 nitrogen and oxygen atoms in total. The van der Waals surface area contributed by atoms with Crippen LogP contribution in [0.4, 0.5) is 5.95 Å². The fourth-order valence-electron chi connectivity index (χ4n) is 3.45. The highest BCUT2D eigenvalue weighted by molar-refractivity contribution is 6.04. The van der Waals surface area contributed by atoms with Crippen molar-refractivity contribution in [1.82, 2.24) is 30.6 Å². The van der Waals surface area contributed by atoms with Crippen LogP contribution in [0.5, 0.6) is 0 Å². The third kappa shape index (κ3) is 2.99. The van der Waals surface area contributed by atoms with E-state index in [4.69, 9.17) is 4.98 Å². The van der Waals surface area contributed by atoms with Gasteiger partial charge in [-0.05, 0) is 53.5 Å². The largest absolute Gasteiger partial charge is 0.349 e. The number of aromatic nitrogens is 6. The number of pyridine rings is 1. The fraction of sp³-hybridized carbons (Fsp3) is 0.471. The monoisotopic (exact) mass is 339 g/mol. The molecular weight excluding hydrogens is 318 g/mol. The van der Waals surface area contributed by atoms with E-state index >= 15 is 0 Å². The lowest BCUT2D eigenvalue weighted by Gasteiger charge is -2.34. The molecule has 1 aliphatic carbocycles. The van der Waals surface area contributed by atoms with Crippen molar-refractivity contribution in [3.63, 3.8) is 0 Å². The standard InChI is InChI=1S/C17H21N7O/c1-17(2,3)10-4-5-11-9(6-10)7-12-13(18-11)8-14(19-12)15(25)20-16-21-23-24-22-16/h7-8,10,19H,4-6H2,1-3H3,(H2,20,21,22,23,24,25).